The second kappa shape index (κ2) is 13.2. The Hall–Kier alpha value is -8.21. The summed E-state index contributed by atoms with van der Waals surface area (Å²) < 4.78 is 7.25. The molecule has 13 rings (SSSR count). The highest BCUT2D eigenvalue weighted by atomic mass is 15.1. The van der Waals surface area contributed by atoms with Gasteiger partial charge in [0.2, 0.25) is 0 Å². The number of para-hydroxylation sites is 3. The molecule has 0 atom stereocenters. The fourth-order valence-corrected chi connectivity index (χ4v) is 9.93. The molecule has 0 saturated heterocycles. The number of nitrogens with zero attached hydrogens (tertiary/aromatic N) is 4. The highest BCUT2D eigenvalue weighted by Gasteiger charge is 2.22. The average Bonchev–Trinajstić information content (AvgIpc) is 4.00. The molecule has 0 amide bonds. The van der Waals surface area contributed by atoms with Crippen LogP contribution in [0.5, 0.6) is 0 Å². The highest BCUT2D eigenvalue weighted by Crippen LogP contribution is 2.42. The fourth-order valence-electron chi connectivity index (χ4n) is 9.93. The van der Waals surface area contributed by atoms with Crippen LogP contribution in [0.15, 0.2) is 218 Å². The van der Waals surface area contributed by atoms with Gasteiger partial charge in [0.05, 0.1) is 33.1 Å². The first kappa shape index (κ1) is 33.7. The SMILES string of the molecule is c1ccc(-c2ccc(-c3nc4c5ccccc5c5ccccc5c4n3-c3cccc(-n4c5ccccc5c5cc6c(cc54)c4ccccc4n6-c4ccccc4)c3)cc2)cc1. The van der Waals surface area contributed by atoms with Crippen LogP contribution in [0.25, 0.3) is 116 Å². The van der Waals surface area contributed by atoms with E-state index in [0.29, 0.717) is 0 Å². The van der Waals surface area contributed by atoms with E-state index < -0.39 is 0 Å². The van der Waals surface area contributed by atoms with Crippen LogP contribution in [0.2, 0.25) is 0 Å². The Kier molecular flexibility index (Phi) is 7.27. The summed E-state index contributed by atoms with van der Waals surface area (Å²) in [5, 5.41) is 9.66. The Morgan fingerprint density at radius 2 is 0.705 bits per heavy atom. The third-order valence-electron chi connectivity index (χ3n) is 12.6. The van der Waals surface area contributed by atoms with E-state index in [1.807, 2.05) is 0 Å². The minimum absolute atomic E-state index is 0.908. The van der Waals surface area contributed by atoms with E-state index in [2.05, 4.69) is 232 Å². The molecule has 0 unspecified atom stereocenters. The van der Waals surface area contributed by atoms with Crippen LogP contribution < -0.4 is 0 Å². The van der Waals surface area contributed by atoms with Gasteiger partial charge in [0, 0.05) is 54.9 Å². The van der Waals surface area contributed by atoms with Crippen molar-refractivity contribution < 1.29 is 0 Å². The van der Waals surface area contributed by atoms with Gasteiger partial charge in [-0.15, -0.1) is 0 Å². The Balaban J connectivity index is 1.09. The summed E-state index contributed by atoms with van der Waals surface area (Å²) in [5.74, 6) is 0.908. The molecule has 0 aliphatic heterocycles. The van der Waals surface area contributed by atoms with Crippen molar-refractivity contribution in [2.75, 3.05) is 0 Å². The lowest BCUT2D eigenvalue weighted by Gasteiger charge is -2.15. The number of aromatic nitrogens is 4. The van der Waals surface area contributed by atoms with E-state index in [4.69, 9.17) is 4.98 Å². The molecule has 0 N–H and O–H groups in total. The van der Waals surface area contributed by atoms with Gasteiger partial charge in [0.1, 0.15) is 5.82 Å². The molecule has 3 heterocycles. The number of rotatable bonds is 5. The molecule has 0 fully saturated rings. The highest BCUT2D eigenvalue weighted by molar-refractivity contribution is 6.24. The monoisotopic (exact) mass is 776 g/mol. The Morgan fingerprint density at radius 3 is 1.34 bits per heavy atom. The summed E-state index contributed by atoms with van der Waals surface area (Å²) in [5.41, 5.74) is 13.6. The standard InChI is InChI=1S/C57H36N4/c1-3-16-37(17-4-1)38-30-32-39(33-31-38)57-58-55-47-26-9-7-22-43(47)44-23-8-10-27-48(44)56(55)61(57)42-21-15-20-41(34-42)60-52-29-14-12-25-46(52)50-35-53-49(36-54(50)60)45-24-11-13-28-51(45)59(53)40-18-5-2-6-19-40/h1-36H. The molecule has 0 saturated carbocycles. The van der Waals surface area contributed by atoms with Gasteiger partial charge in [-0.3, -0.25) is 4.57 Å². The maximum atomic E-state index is 5.58. The molecule has 0 aliphatic rings. The third kappa shape index (κ3) is 5.03. The minimum atomic E-state index is 0.908. The zero-order chi connectivity index (χ0) is 40.0. The summed E-state index contributed by atoms with van der Waals surface area (Å²) in [7, 11) is 0. The van der Waals surface area contributed by atoms with Crippen LogP contribution in [-0.4, -0.2) is 18.7 Å². The van der Waals surface area contributed by atoms with Crippen molar-refractivity contribution in [3.05, 3.63) is 218 Å². The van der Waals surface area contributed by atoms with Crippen molar-refractivity contribution in [3.8, 4) is 39.6 Å². The van der Waals surface area contributed by atoms with Crippen molar-refractivity contribution in [3.63, 3.8) is 0 Å². The Bertz CT molecular complexity index is 3850. The lowest BCUT2D eigenvalue weighted by atomic mass is 10.00. The molecule has 0 bridgehead atoms. The topological polar surface area (TPSA) is 27.7 Å². The molecule has 3 aromatic heterocycles. The van der Waals surface area contributed by atoms with Gasteiger partial charge >= 0.3 is 0 Å². The summed E-state index contributed by atoms with van der Waals surface area (Å²) >= 11 is 0. The molecule has 61 heavy (non-hydrogen) atoms. The zero-order valence-corrected chi connectivity index (χ0v) is 33.1. The fraction of sp³-hybridized carbons (Fsp3) is 0. The second-order valence-electron chi connectivity index (χ2n) is 15.9. The van der Waals surface area contributed by atoms with Crippen LogP contribution in [0, 0.1) is 0 Å². The molecule has 4 nitrogen and oxygen atoms in total. The molecule has 0 spiro atoms. The number of fused-ring (bicyclic) bond motifs is 12. The van der Waals surface area contributed by atoms with Crippen molar-refractivity contribution in [2.45, 2.75) is 0 Å². The van der Waals surface area contributed by atoms with Crippen LogP contribution in [0.1, 0.15) is 0 Å². The van der Waals surface area contributed by atoms with Crippen molar-refractivity contribution in [1.82, 2.24) is 18.7 Å². The molecule has 13 aromatic rings. The van der Waals surface area contributed by atoms with E-state index in [-0.39, 0.29) is 0 Å². The maximum Gasteiger partial charge on any atom is 0.145 e. The average molecular weight is 777 g/mol. The molecule has 4 heteroatoms. The van der Waals surface area contributed by atoms with Crippen LogP contribution >= 0.6 is 0 Å². The van der Waals surface area contributed by atoms with Crippen LogP contribution in [0.4, 0.5) is 0 Å². The van der Waals surface area contributed by atoms with Crippen molar-refractivity contribution >= 4 is 76.2 Å². The Morgan fingerprint density at radius 1 is 0.262 bits per heavy atom. The second-order valence-corrected chi connectivity index (χ2v) is 15.9. The first-order chi connectivity index (χ1) is 30.3. The lowest BCUT2D eigenvalue weighted by Crippen LogP contribution is -2.01. The quantitative estimate of drug-likeness (QED) is 0.160. The minimum Gasteiger partial charge on any atom is -0.309 e. The van der Waals surface area contributed by atoms with Gasteiger partial charge in [-0.25, -0.2) is 4.98 Å². The molecule has 0 radical (unpaired) electrons. The van der Waals surface area contributed by atoms with Crippen LogP contribution in [0.3, 0.4) is 0 Å². The van der Waals surface area contributed by atoms with E-state index in [1.54, 1.807) is 0 Å². The normalized spacial score (nSPS) is 11.9. The van der Waals surface area contributed by atoms with Gasteiger partial charge < -0.3 is 9.13 Å². The van der Waals surface area contributed by atoms with Gasteiger partial charge in [-0.2, -0.15) is 0 Å². The van der Waals surface area contributed by atoms with Crippen molar-refractivity contribution in [2.24, 2.45) is 0 Å². The maximum absolute atomic E-state index is 5.58. The molecule has 284 valence electrons. The first-order valence-electron chi connectivity index (χ1n) is 20.9. The van der Waals surface area contributed by atoms with Gasteiger partial charge in [0.25, 0.3) is 0 Å². The zero-order valence-electron chi connectivity index (χ0n) is 33.1. The number of hydrogen-bond acceptors (Lipinski definition) is 1. The van der Waals surface area contributed by atoms with Gasteiger partial charge in [-0.05, 0) is 76.5 Å². The summed E-state index contributed by atoms with van der Waals surface area (Å²) in [4.78, 5) is 5.58. The van der Waals surface area contributed by atoms with Crippen molar-refractivity contribution in [1.29, 1.82) is 0 Å². The summed E-state index contributed by atoms with van der Waals surface area (Å²) in [6.45, 7) is 0. The first-order valence-corrected chi connectivity index (χ1v) is 20.9. The number of hydrogen-bond donors (Lipinski definition) is 0. The van der Waals surface area contributed by atoms with E-state index in [9.17, 15) is 0 Å². The predicted molar refractivity (Wildman–Crippen MR) is 256 cm³/mol. The molecular weight excluding hydrogens is 741 g/mol. The Labute approximate surface area is 351 Å². The van der Waals surface area contributed by atoms with E-state index in [0.717, 1.165) is 44.9 Å². The van der Waals surface area contributed by atoms with Gasteiger partial charge in [-0.1, -0.05) is 164 Å². The molecular formula is C57H36N4. The van der Waals surface area contributed by atoms with Crippen LogP contribution in [-0.2, 0) is 0 Å². The van der Waals surface area contributed by atoms with E-state index in [1.165, 1.54) is 70.9 Å². The number of imidazole rings is 1. The number of benzene rings is 10. The molecule has 0 aliphatic carbocycles. The molecule has 10 aromatic carbocycles. The third-order valence-corrected chi connectivity index (χ3v) is 12.6. The van der Waals surface area contributed by atoms with Gasteiger partial charge in [0.15, 0.2) is 0 Å². The lowest BCUT2D eigenvalue weighted by molar-refractivity contribution is 1.09. The van der Waals surface area contributed by atoms with E-state index >= 15 is 0 Å². The predicted octanol–water partition coefficient (Wildman–Crippen LogP) is 14.9. The summed E-state index contributed by atoms with van der Waals surface area (Å²) in [6.07, 6.45) is 0. The smallest absolute Gasteiger partial charge is 0.145 e. The largest absolute Gasteiger partial charge is 0.309 e. The summed E-state index contributed by atoms with van der Waals surface area (Å²) in [6, 6.07) is 79.0.